The molecule has 0 unspecified atom stereocenters. The lowest BCUT2D eigenvalue weighted by molar-refractivity contribution is 0.204. The van der Waals surface area contributed by atoms with Crippen LogP contribution >= 0.6 is 23.4 Å². The Bertz CT molecular complexity index is 1190. The summed E-state index contributed by atoms with van der Waals surface area (Å²) in [5.74, 6) is 1.33. The van der Waals surface area contributed by atoms with Crippen molar-refractivity contribution in [2.45, 2.75) is 28.9 Å². The van der Waals surface area contributed by atoms with Crippen LogP contribution in [0, 0.1) is 0 Å². The van der Waals surface area contributed by atoms with Gasteiger partial charge in [0.15, 0.2) is 0 Å². The van der Waals surface area contributed by atoms with Crippen LogP contribution in [0.1, 0.15) is 18.3 Å². The third-order valence-electron chi connectivity index (χ3n) is 4.97. The second kappa shape index (κ2) is 9.79. The van der Waals surface area contributed by atoms with Gasteiger partial charge in [-0.3, -0.25) is 0 Å². The molecule has 4 rings (SSSR count). The topological polar surface area (TPSA) is 84.2 Å². The minimum Gasteiger partial charge on any atom is -0.489 e. The molecule has 0 aliphatic carbocycles. The van der Waals surface area contributed by atoms with Gasteiger partial charge in [-0.2, -0.15) is 0 Å². The first-order valence-electron chi connectivity index (χ1n) is 10.1. The molecule has 0 spiro atoms. The van der Waals surface area contributed by atoms with Crippen LogP contribution in [0.15, 0.2) is 88.8 Å². The van der Waals surface area contributed by atoms with Gasteiger partial charge < -0.3 is 20.6 Å². The smallest absolute Gasteiger partial charge is 0.128 e. The van der Waals surface area contributed by atoms with Crippen molar-refractivity contribution in [3.05, 3.63) is 95.4 Å². The summed E-state index contributed by atoms with van der Waals surface area (Å²) in [6, 6.07) is 24.0. The van der Waals surface area contributed by atoms with Crippen molar-refractivity contribution in [2.24, 2.45) is 5.73 Å². The van der Waals surface area contributed by atoms with Gasteiger partial charge >= 0.3 is 0 Å². The third-order valence-corrected chi connectivity index (χ3v) is 6.26. The number of aromatic nitrogens is 2. The molecule has 4 N–H and O–H groups in total. The molecule has 0 radical (unpaired) electrons. The SMILES string of the molecule is C[C@](N)(CO)c1ncc(-c2ccc(Sc3cccc(OCc4ccccc4)c3)cc2Cl)[nH]1. The van der Waals surface area contributed by atoms with Gasteiger partial charge in [-0.25, -0.2) is 4.98 Å². The van der Waals surface area contributed by atoms with Gasteiger partial charge in [0.1, 0.15) is 18.2 Å². The lowest BCUT2D eigenvalue weighted by Crippen LogP contribution is -2.38. The van der Waals surface area contributed by atoms with Crippen molar-refractivity contribution in [2.75, 3.05) is 6.61 Å². The molecule has 0 aliphatic rings. The van der Waals surface area contributed by atoms with E-state index in [9.17, 15) is 5.11 Å². The molecular weight excluding hydrogens is 442 g/mol. The summed E-state index contributed by atoms with van der Waals surface area (Å²) in [4.78, 5) is 9.53. The van der Waals surface area contributed by atoms with Gasteiger partial charge in [0.2, 0.25) is 0 Å². The van der Waals surface area contributed by atoms with Crippen LogP contribution in [0.25, 0.3) is 11.3 Å². The van der Waals surface area contributed by atoms with Gasteiger partial charge in [0.05, 0.1) is 29.1 Å². The maximum absolute atomic E-state index is 9.45. The minimum absolute atomic E-state index is 0.211. The standard InChI is InChI=1S/C25H24ClN3O2S/c1-25(27,16-30)24-28-14-23(29-24)21-11-10-20(13-22(21)26)32-19-9-5-8-18(12-19)31-15-17-6-3-2-4-7-17/h2-14,30H,15-16,27H2,1H3,(H,28,29)/t25-/m0/s1. The summed E-state index contributed by atoms with van der Waals surface area (Å²) in [5.41, 5.74) is 7.82. The fraction of sp³-hybridized carbons (Fsp3) is 0.160. The van der Waals surface area contributed by atoms with Crippen LogP contribution in [0.5, 0.6) is 5.75 Å². The molecule has 0 aliphatic heterocycles. The Kier molecular flexibility index (Phi) is 6.86. The van der Waals surface area contributed by atoms with Crippen LogP contribution in [-0.2, 0) is 12.1 Å². The highest BCUT2D eigenvalue weighted by atomic mass is 35.5. The number of rotatable bonds is 8. The van der Waals surface area contributed by atoms with Crippen molar-refractivity contribution in [3.63, 3.8) is 0 Å². The molecule has 5 nitrogen and oxygen atoms in total. The summed E-state index contributed by atoms with van der Waals surface area (Å²) < 4.78 is 5.93. The van der Waals surface area contributed by atoms with Crippen molar-refractivity contribution in [3.8, 4) is 17.0 Å². The van der Waals surface area contributed by atoms with Gasteiger partial charge in [-0.05, 0) is 42.8 Å². The molecule has 0 amide bonds. The Balaban J connectivity index is 1.46. The lowest BCUT2D eigenvalue weighted by Gasteiger charge is -2.18. The zero-order chi connectivity index (χ0) is 22.6. The molecule has 4 aromatic rings. The van der Waals surface area contributed by atoms with Crippen molar-refractivity contribution in [1.82, 2.24) is 9.97 Å². The minimum atomic E-state index is -0.936. The van der Waals surface area contributed by atoms with Crippen LogP contribution in [0.3, 0.4) is 0 Å². The van der Waals surface area contributed by atoms with Gasteiger partial charge in [-0.1, -0.05) is 65.8 Å². The summed E-state index contributed by atoms with van der Waals surface area (Å²) in [7, 11) is 0. The van der Waals surface area contributed by atoms with Crippen molar-refractivity contribution in [1.29, 1.82) is 0 Å². The summed E-state index contributed by atoms with van der Waals surface area (Å²) in [6.45, 7) is 2.03. The second-order valence-electron chi connectivity index (χ2n) is 7.71. The first kappa shape index (κ1) is 22.4. The van der Waals surface area contributed by atoms with Crippen LogP contribution in [0.2, 0.25) is 5.02 Å². The van der Waals surface area contributed by atoms with Crippen LogP contribution in [-0.4, -0.2) is 21.7 Å². The number of benzene rings is 3. The molecule has 0 saturated carbocycles. The number of H-pyrrole nitrogens is 1. The molecule has 7 heteroatoms. The van der Waals surface area contributed by atoms with Crippen molar-refractivity contribution < 1.29 is 9.84 Å². The normalized spacial score (nSPS) is 13.0. The van der Waals surface area contributed by atoms with E-state index in [2.05, 4.69) is 9.97 Å². The average Bonchev–Trinajstić information content (AvgIpc) is 3.30. The van der Waals surface area contributed by atoms with Crippen molar-refractivity contribution >= 4 is 23.4 Å². The van der Waals surface area contributed by atoms with Gasteiger partial charge in [-0.15, -0.1) is 0 Å². The zero-order valence-electron chi connectivity index (χ0n) is 17.6. The van der Waals surface area contributed by atoms with E-state index in [0.29, 0.717) is 17.5 Å². The van der Waals surface area contributed by atoms with E-state index < -0.39 is 5.54 Å². The van der Waals surface area contributed by atoms with Crippen LogP contribution in [0.4, 0.5) is 0 Å². The molecule has 0 fully saturated rings. The average molecular weight is 466 g/mol. The number of nitrogens with one attached hydrogen (secondary N) is 1. The Labute approximate surface area is 196 Å². The molecule has 3 aromatic carbocycles. The Morgan fingerprint density at radius 2 is 1.84 bits per heavy atom. The van der Waals surface area contributed by atoms with Gasteiger partial charge in [0.25, 0.3) is 0 Å². The molecular formula is C25H24ClN3O2S. The van der Waals surface area contributed by atoms with E-state index in [0.717, 1.165) is 32.4 Å². The van der Waals surface area contributed by atoms with Crippen LogP contribution < -0.4 is 10.5 Å². The molecule has 32 heavy (non-hydrogen) atoms. The largest absolute Gasteiger partial charge is 0.489 e. The van der Waals surface area contributed by atoms with E-state index in [4.69, 9.17) is 22.1 Å². The van der Waals surface area contributed by atoms with E-state index in [-0.39, 0.29) is 6.61 Å². The fourth-order valence-corrected chi connectivity index (χ4v) is 4.36. The number of nitrogens with zero attached hydrogens (tertiary/aromatic N) is 1. The first-order chi connectivity index (χ1) is 15.4. The van der Waals surface area contributed by atoms with E-state index >= 15 is 0 Å². The highest BCUT2D eigenvalue weighted by Gasteiger charge is 2.24. The maximum Gasteiger partial charge on any atom is 0.128 e. The Hall–Kier alpha value is -2.77. The molecule has 1 aromatic heterocycles. The predicted molar refractivity (Wildman–Crippen MR) is 129 cm³/mol. The number of aliphatic hydroxyl groups is 1. The van der Waals surface area contributed by atoms with E-state index in [1.54, 1.807) is 24.9 Å². The predicted octanol–water partition coefficient (Wildman–Crippen LogP) is 5.63. The number of nitrogens with two attached hydrogens (primary N) is 1. The molecule has 164 valence electrons. The van der Waals surface area contributed by atoms with E-state index in [1.165, 1.54) is 0 Å². The highest BCUT2D eigenvalue weighted by molar-refractivity contribution is 7.99. The lowest BCUT2D eigenvalue weighted by atomic mass is 10.1. The Morgan fingerprint density at radius 3 is 2.59 bits per heavy atom. The second-order valence-corrected chi connectivity index (χ2v) is 9.27. The monoisotopic (exact) mass is 465 g/mol. The number of hydrogen-bond donors (Lipinski definition) is 3. The fourth-order valence-electron chi connectivity index (χ4n) is 3.11. The number of aliphatic hydroxyl groups excluding tert-OH is 1. The number of imidazole rings is 1. The first-order valence-corrected chi connectivity index (χ1v) is 11.3. The number of aromatic amines is 1. The molecule has 1 heterocycles. The number of halogens is 1. The molecule has 0 saturated heterocycles. The summed E-state index contributed by atoms with van der Waals surface area (Å²) in [6.07, 6.45) is 1.68. The highest BCUT2D eigenvalue weighted by Crippen LogP contribution is 2.35. The van der Waals surface area contributed by atoms with Gasteiger partial charge in [0, 0.05) is 15.4 Å². The summed E-state index contributed by atoms with van der Waals surface area (Å²) >= 11 is 8.18. The molecule has 1 atom stereocenters. The molecule has 0 bridgehead atoms. The maximum atomic E-state index is 9.45. The summed E-state index contributed by atoms with van der Waals surface area (Å²) in [5, 5.41) is 10.0. The van der Waals surface area contributed by atoms with E-state index in [1.807, 2.05) is 72.8 Å². The Morgan fingerprint density at radius 1 is 1.06 bits per heavy atom. The quantitative estimate of drug-likeness (QED) is 0.314. The number of ether oxygens (including phenoxy) is 1. The third kappa shape index (κ3) is 5.34. The zero-order valence-corrected chi connectivity index (χ0v) is 19.2. The number of hydrogen-bond acceptors (Lipinski definition) is 5.